The van der Waals surface area contributed by atoms with E-state index in [2.05, 4.69) is 51.8 Å². The van der Waals surface area contributed by atoms with Crippen LogP contribution >= 0.6 is 31.9 Å². The standard InChI is InChI=1S/C20H12Br2N4O/c21-10-1-3-16-12(5-10)14(7-23-16)18-9-25-20(26-18)19(27)15-8-24-17-4-2-11(22)6-13(15)17/h1-9,23-24H,(H,25,26). The summed E-state index contributed by atoms with van der Waals surface area (Å²) >= 11 is 6.96. The maximum atomic E-state index is 13.0. The summed E-state index contributed by atoms with van der Waals surface area (Å²) in [5.74, 6) is 0.168. The molecule has 0 radical (unpaired) electrons. The van der Waals surface area contributed by atoms with Crippen LogP contribution in [-0.4, -0.2) is 25.7 Å². The van der Waals surface area contributed by atoms with Crippen LogP contribution in [0.2, 0.25) is 0 Å². The van der Waals surface area contributed by atoms with Crippen LogP contribution in [0.25, 0.3) is 33.1 Å². The Balaban J connectivity index is 1.57. The topological polar surface area (TPSA) is 77.3 Å². The van der Waals surface area contributed by atoms with Crippen LogP contribution in [-0.2, 0) is 0 Å². The Bertz CT molecular complexity index is 1330. The van der Waals surface area contributed by atoms with Gasteiger partial charge in [-0.25, -0.2) is 4.98 Å². The van der Waals surface area contributed by atoms with Gasteiger partial charge in [-0.15, -0.1) is 0 Å². The van der Waals surface area contributed by atoms with Crippen molar-refractivity contribution in [2.75, 3.05) is 0 Å². The van der Waals surface area contributed by atoms with E-state index in [0.717, 1.165) is 42.0 Å². The van der Waals surface area contributed by atoms with Crippen molar-refractivity contribution in [1.29, 1.82) is 0 Å². The molecule has 0 unspecified atom stereocenters. The van der Waals surface area contributed by atoms with Crippen LogP contribution in [0.15, 0.2) is 63.9 Å². The molecule has 3 heterocycles. The van der Waals surface area contributed by atoms with Crippen LogP contribution in [0.3, 0.4) is 0 Å². The first-order chi connectivity index (χ1) is 13.1. The van der Waals surface area contributed by atoms with Gasteiger partial charge in [-0.3, -0.25) is 4.79 Å². The zero-order chi connectivity index (χ0) is 18.5. The smallest absolute Gasteiger partial charge is 0.230 e. The lowest BCUT2D eigenvalue weighted by atomic mass is 10.1. The zero-order valence-corrected chi connectivity index (χ0v) is 17.0. The number of nitrogens with zero attached hydrogens (tertiary/aromatic N) is 1. The predicted molar refractivity (Wildman–Crippen MR) is 113 cm³/mol. The third kappa shape index (κ3) is 2.74. The van der Waals surface area contributed by atoms with Crippen molar-refractivity contribution in [3.8, 4) is 11.3 Å². The minimum Gasteiger partial charge on any atom is -0.360 e. The van der Waals surface area contributed by atoms with Crippen LogP contribution < -0.4 is 0 Å². The molecule has 0 amide bonds. The van der Waals surface area contributed by atoms with E-state index in [1.807, 2.05) is 42.6 Å². The summed E-state index contributed by atoms with van der Waals surface area (Å²) < 4.78 is 1.92. The van der Waals surface area contributed by atoms with Gasteiger partial charge in [-0.1, -0.05) is 31.9 Å². The van der Waals surface area contributed by atoms with Crippen LogP contribution in [0.5, 0.6) is 0 Å². The first-order valence-electron chi connectivity index (χ1n) is 8.24. The SMILES string of the molecule is O=C(c1nc(-c2c[nH]c3ccc(Br)cc23)c[nH]1)c1c[nH]c2ccc(Br)cc12. The number of halogens is 2. The first-order valence-corrected chi connectivity index (χ1v) is 9.82. The van der Waals surface area contributed by atoms with Gasteiger partial charge in [0.2, 0.25) is 5.78 Å². The zero-order valence-electron chi connectivity index (χ0n) is 13.8. The molecular formula is C20H12Br2N4O. The summed E-state index contributed by atoms with van der Waals surface area (Å²) in [5.41, 5.74) is 4.20. The molecule has 27 heavy (non-hydrogen) atoms. The predicted octanol–water partition coefficient (Wildman–Crippen LogP) is 5.80. The molecular weight excluding hydrogens is 472 g/mol. The maximum absolute atomic E-state index is 13.0. The first kappa shape index (κ1) is 16.5. The molecule has 3 N–H and O–H groups in total. The van der Waals surface area contributed by atoms with Gasteiger partial charge in [0.25, 0.3) is 0 Å². The van der Waals surface area contributed by atoms with E-state index in [9.17, 15) is 4.79 Å². The molecule has 7 heteroatoms. The number of aromatic nitrogens is 4. The monoisotopic (exact) mass is 482 g/mol. The molecule has 132 valence electrons. The van der Waals surface area contributed by atoms with Gasteiger partial charge in [0.1, 0.15) is 0 Å². The van der Waals surface area contributed by atoms with Gasteiger partial charge >= 0.3 is 0 Å². The van der Waals surface area contributed by atoms with Gasteiger partial charge in [0.05, 0.1) is 11.3 Å². The summed E-state index contributed by atoms with van der Waals surface area (Å²) in [7, 11) is 0. The summed E-state index contributed by atoms with van der Waals surface area (Å²) in [5, 5.41) is 1.91. The minimum atomic E-state index is -0.147. The molecule has 0 aliphatic rings. The van der Waals surface area contributed by atoms with Crippen molar-refractivity contribution < 1.29 is 4.79 Å². The number of aromatic amines is 3. The number of benzene rings is 2. The van der Waals surface area contributed by atoms with Gasteiger partial charge in [-0.05, 0) is 36.4 Å². The average molecular weight is 484 g/mol. The third-order valence-corrected chi connectivity index (χ3v) is 5.59. The number of ketones is 1. The Morgan fingerprint density at radius 1 is 0.815 bits per heavy atom. The van der Waals surface area contributed by atoms with Crippen molar-refractivity contribution in [3.63, 3.8) is 0 Å². The molecule has 2 aromatic carbocycles. The van der Waals surface area contributed by atoms with Crippen molar-refractivity contribution in [2.45, 2.75) is 0 Å². The Kier molecular flexibility index (Phi) is 3.80. The maximum Gasteiger partial charge on any atom is 0.230 e. The third-order valence-electron chi connectivity index (χ3n) is 4.60. The lowest BCUT2D eigenvalue weighted by Crippen LogP contribution is -2.02. The van der Waals surface area contributed by atoms with E-state index >= 15 is 0 Å². The Hall–Kier alpha value is -2.64. The number of fused-ring (bicyclic) bond motifs is 2. The second-order valence-electron chi connectivity index (χ2n) is 6.25. The Morgan fingerprint density at radius 2 is 1.48 bits per heavy atom. The lowest BCUT2D eigenvalue weighted by molar-refractivity contribution is 0.103. The summed E-state index contributed by atoms with van der Waals surface area (Å²) in [6, 6.07) is 11.8. The van der Waals surface area contributed by atoms with E-state index in [4.69, 9.17) is 0 Å². The minimum absolute atomic E-state index is 0.147. The molecule has 0 aliphatic carbocycles. The second kappa shape index (κ2) is 6.21. The highest BCUT2D eigenvalue weighted by Gasteiger charge is 2.19. The molecule has 0 saturated carbocycles. The number of carbonyl (C=O) groups is 1. The quantitative estimate of drug-likeness (QED) is 0.284. The van der Waals surface area contributed by atoms with Crippen molar-refractivity contribution in [1.82, 2.24) is 19.9 Å². The molecule has 0 bridgehead atoms. The van der Waals surface area contributed by atoms with Gasteiger partial charge < -0.3 is 15.0 Å². The fourth-order valence-corrected chi connectivity index (χ4v) is 4.01. The Morgan fingerprint density at radius 3 is 2.26 bits per heavy atom. The van der Waals surface area contributed by atoms with Crippen LogP contribution in [0, 0.1) is 0 Å². The molecule has 5 nitrogen and oxygen atoms in total. The highest BCUT2D eigenvalue weighted by Crippen LogP contribution is 2.30. The van der Waals surface area contributed by atoms with Crippen molar-refractivity contribution in [3.05, 3.63) is 75.3 Å². The van der Waals surface area contributed by atoms with E-state index in [0.29, 0.717) is 11.4 Å². The van der Waals surface area contributed by atoms with Gasteiger partial charge in [0.15, 0.2) is 5.82 Å². The van der Waals surface area contributed by atoms with E-state index in [-0.39, 0.29) is 5.78 Å². The van der Waals surface area contributed by atoms with Crippen LogP contribution in [0.1, 0.15) is 16.2 Å². The van der Waals surface area contributed by atoms with Crippen molar-refractivity contribution >= 4 is 59.4 Å². The van der Waals surface area contributed by atoms with Gasteiger partial charge in [-0.2, -0.15) is 0 Å². The number of hydrogen-bond donors (Lipinski definition) is 3. The Labute approximate surface area is 170 Å². The highest BCUT2D eigenvalue weighted by atomic mass is 79.9. The molecule has 0 aliphatic heterocycles. The molecule has 3 aromatic heterocycles. The molecule has 0 fully saturated rings. The normalized spacial score (nSPS) is 11.5. The van der Waals surface area contributed by atoms with Crippen LogP contribution in [0.4, 0.5) is 0 Å². The summed E-state index contributed by atoms with van der Waals surface area (Å²) in [4.78, 5) is 26.9. The van der Waals surface area contributed by atoms with Gasteiger partial charge in [0, 0.05) is 54.9 Å². The molecule has 0 atom stereocenters. The fourth-order valence-electron chi connectivity index (χ4n) is 3.29. The second-order valence-corrected chi connectivity index (χ2v) is 8.08. The number of H-pyrrole nitrogens is 3. The lowest BCUT2D eigenvalue weighted by Gasteiger charge is -1.97. The molecule has 0 spiro atoms. The number of imidazole rings is 1. The molecule has 0 saturated heterocycles. The number of nitrogens with one attached hydrogen (secondary N) is 3. The van der Waals surface area contributed by atoms with E-state index < -0.39 is 0 Å². The summed E-state index contributed by atoms with van der Waals surface area (Å²) in [6.07, 6.45) is 5.40. The number of rotatable bonds is 3. The molecule has 5 aromatic rings. The van der Waals surface area contributed by atoms with E-state index in [1.54, 1.807) is 12.4 Å². The number of carbonyl (C=O) groups excluding carboxylic acids is 1. The number of hydrogen-bond acceptors (Lipinski definition) is 2. The largest absolute Gasteiger partial charge is 0.360 e. The average Bonchev–Trinajstić information content (AvgIpc) is 3.38. The summed E-state index contributed by atoms with van der Waals surface area (Å²) in [6.45, 7) is 0. The fraction of sp³-hybridized carbons (Fsp3) is 0. The molecule has 5 rings (SSSR count). The van der Waals surface area contributed by atoms with E-state index in [1.165, 1.54) is 0 Å². The van der Waals surface area contributed by atoms with Crippen molar-refractivity contribution in [2.24, 2.45) is 0 Å². The highest BCUT2D eigenvalue weighted by molar-refractivity contribution is 9.10.